The van der Waals surface area contributed by atoms with Gasteiger partial charge in [0, 0.05) is 0 Å². The molecule has 0 saturated heterocycles. The van der Waals surface area contributed by atoms with E-state index in [1.165, 1.54) is 17.4 Å². The first-order chi connectivity index (χ1) is 9.16. The van der Waals surface area contributed by atoms with Crippen molar-refractivity contribution < 1.29 is 9.47 Å². The topological polar surface area (TPSA) is 18.5 Å². The normalized spacial score (nSPS) is 12.1. The lowest BCUT2D eigenvalue weighted by Gasteiger charge is -2.27. The SMILES string of the molecule is C=COCCOc1ccc(C(C)(C)C)cc1C(C)(C)C. The molecule has 1 rings (SSSR count). The molecule has 1 aromatic rings. The Morgan fingerprint density at radius 1 is 1.00 bits per heavy atom. The largest absolute Gasteiger partial charge is 0.498 e. The van der Waals surface area contributed by atoms with E-state index in [0.717, 1.165) is 5.75 Å². The van der Waals surface area contributed by atoms with Crippen molar-refractivity contribution in [2.24, 2.45) is 0 Å². The summed E-state index contributed by atoms with van der Waals surface area (Å²) in [7, 11) is 0. The van der Waals surface area contributed by atoms with E-state index in [1.807, 2.05) is 0 Å². The van der Waals surface area contributed by atoms with Gasteiger partial charge in [-0.1, -0.05) is 60.3 Å². The Bertz CT molecular complexity index is 447. The number of benzene rings is 1. The number of ether oxygens (including phenoxy) is 2. The summed E-state index contributed by atoms with van der Waals surface area (Å²) in [4.78, 5) is 0. The molecule has 2 heteroatoms. The highest BCUT2D eigenvalue weighted by Crippen LogP contribution is 2.35. The fraction of sp³-hybridized carbons (Fsp3) is 0.556. The molecule has 0 amide bonds. The smallest absolute Gasteiger partial charge is 0.123 e. The molecule has 0 aliphatic heterocycles. The van der Waals surface area contributed by atoms with Crippen molar-refractivity contribution in [3.05, 3.63) is 42.2 Å². The third-order valence-corrected chi connectivity index (χ3v) is 3.23. The molecule has 0 aromatic heterocycles. The average Bonchev–Trinajstić information content (AvgIpc) is 2.32. The molecule has 1 aromatic carbocycles. The molecule has 0 atom stereocenters. The maximum absolute atomic E-state index is 5.86. The van der Waals surface area contributed by atoms with E-state index in [9.17, 15) is 0 Å². The van der Waals surface area contributed by atoms with Crippen LogP contribution in [0.5, 0.6) is 5.75 Å². The Kier molecular flexibility index (Phi) is 5.27. The predicted octanol–water partition coefficient (Wildman–Crippen LogP) is 4.82. The van der Waals surface area contributed by atoms with Crippen LogP contribution < -0.4 is 4.74 Å². The molecule has 20 heavy (non-hydrogen) atoms. The summed E-state index contributed by atoms with van der Waals surface area (Å²) in [6, 6.07) is 6.50. The lowest BCUT2D eigenvalue weighted by Crippen LogP contribution is -2.18. The summed E-state index contributed by atoms with van der Waals surface area (Å²) in [5, 5.41) is 0. The molecular formula is C18H28O2. The Balaban J connectivity index is 3.02. The van der Waals surface area contributed by atoms with Crippen molar-refractivity contribution in [2.45, 2.75) is 52.4 Å². The highest BCUT2D eigenvalue weighted by Gasteiger charge is 2.22. The average molecular weight is 276 g/mol. The van der Waals surface area contributed by atoms with E-state index >= 15 is 0 Å². The van der Waals surface area contributed by atoms with Gasteiger partial charge >= 0.3 is 0 Å². The second kappa shape index (κ2) is 6.34. The van der Waals surface area contributed by atoms with Crippen LogP contribution in [0.4, 0.5) is 0 Å². The van der Waals surface area contributed by atoms with Gasteiger partial charge in [0.15, 0.2) is 0 Å². The van der Waals surface area contributed by atoms with Crippen LogP contribution in [0.25, 0.3) is 0 Å². The van der Waals surface area contributed by atoms with Gasteiger partial charge in [-0.25, -0.2) is 0 Å². The molecule has 0 aliphatic carbocycles. The van der Waals surface area contributed by atoms with Crippen molar-refractivity contribution in [3.8, 4) is 5.75 Å². The third-order valence-electron chi connectivity index (χ3n) is 3.23. The zero-order valence-corrected chi connectivity index (χ0v) is 13.7. The Labute approximate surface area is 123 Å². The van der Waals surface area contributed by atoms with E-state index in [1.54, 1.807) is 0 Å². The molecule has 0 unspecified atom stereocenters. The number of hydrogen-bond donors (Lipinski definition) is 0. The van der Waals surface area contributed by atoms with Crippen molar-refractivity contribution in [2.75, 3.05) is 13.2 Å². The minimum Gasteiger partial charge on any atom is -0.498 e. The zero-order valence-electron chi connectivity index (χ0n) is 13.7. The van der Waals surface area contributed by atoms with E-state index in [4.69, 9.17) is 9.47 Å². The maximum Gasteiger partial charge on any atom is 0.123 e. The summed E-state index contributed by atoms with van der Waals surface area (Å²) in [5.41, 5.74) is 2.76. The van der Waals surface area contributed by atoms with Crippen LogP contribution in [-0.2, 0) is 15.6 Å². The first-order valence-electron chi connectivity index (χ1n) is 7.16. The fourth-order valence-corrected chi connectivity index (χ4v) is 1.99. The zero-order chi connectivity index (χ0) is 15.4. The molecule has 0 heterocycles. The molecule has 0 bridgehead atoms. The highest BCUT2D eigenvalue weighted by atomic mass is 16.5. The predicted molar refractivity (Wildman–Crippen MR) is 85.5 cm³/mol. The van der Waals surface area contributed by atoms with Gasteiger partial charge in [-0.2, -0.15) is 0 Å². The minimum absolute atomic E-state index is 0.0515. The van der Waals surface area contributed by atoms with Gasteiger partial charge in [-0.3, -0.25) is 0 Å². The van der Waals surface area contributed by atoms with Gasteiger partial charge in [0.2, 0.25) is 0 Å². The summed E-state index contributed by atoms with van der Waals surface area (Å²) in [6.45, 7) is 17.9. The van der Waals surface area contributed by atoms with Crippen LogP contribution in [0, 0.1) is 0 Å². The van der Waals surface area contributed by atoms with Gasteiger partial charge in [0.05, 0.1) is 6.26 Å². The molecule has 112 valence electrons. The van der Waals surface area contributed by atoms with E-state index in [0.29, 0.717) is 13.2 Å². The molecule has 0 fully saturated rings. The lowest BCUT2D eigenvalue weighted by atomic mass is 9.80. The standard InChI is InChI=1S/C18H28O2/c1-8-19-11-12-20-16-10-9-14(17(2,3)4)13-15(16)18(5,6)7/h8-10,13H,1,11-12H2,2-7H3. The molecule has 0 aliphatic rings. The van der Waals surface area contributed by atoms with Crippen molar-refractivity contribution in [3.63, 3.8) is 0 Å². The molecule has 0 radical (unpaired) electrons. The summed E-state index contributed by atoms with van der Waals surface area (Å²) in [5.74, 6) is 0.943. The second-order valence-electron chi connectivity index (χ2n) is 7.10. The van der Waals surface area contributed by atoms with Crippen LogP contribution in [0.1, 0.15) is 52.7 Å². The fourth-order valence-electron chi connectivity index (χ4n) is 1.99. The van der Waals surface area contributed by atoms with Gasteiger partial charge in [-0.05, 0) is 28.0 Å². The molecule has 0 saturated carbocycles. The highest BCUT2D eigenvalue weighted by molar-refractivity contribution is 5.43. The molecule has 0 spiro atoms. The van der Waals surface area contributed by atoms with Crippen LogP contribution in [-0.4, -0.2) is 13.2 Å². The van der Waals surface area contributed by atoms with Crippen molar-refractivity contribution in [1.29, 1.82) is 0 Å². The monoisotopic (exact) mass is 276 g/mol. The van der Waals surface area contributed by atoms with Gasteiger partial charge < -0.3 is 9.47 Å². The molecule has 2 nitrogen and oxygen atoms in total. The first kappa shape index (κ1) is 16.6. The summed E-state index contributed by atoms with van der Waals surface area (Å²) in [6.07, 6.45) is 1.44. The molecular weight excluding hydrogens is 248 g/mol. The minimum atomic E-state index is 0.0515. The van der Waals surface area contributed by atoms with E-state index < -0.39 is 0 Å². The summed E-state index contributed by atoms with van der Waals surface area (Å²) < 4.78 is 11.0. The van der Waals surface area contributed by atoms with E-state index in [2.05, 4.69) is 66.3 Å². The lowest BCUT2D eigenvalue weighted by molar-refractivity contribution is 0.178. The van der Waals surface area contributed by atoms with Gasteiger partial charge in [0.1, 0.15) is 19.0 Å². The van der Waals surface area contributed by atoms with Gasteiger partial charge in [0.25, 0.3) is 0 Å². The summed E-state index contributed by atoms with van der Waals surface area (Å²) >= 11 is 0. The van der Waals surface area contributed by atoms with Crippen LogP contribution >= 0.6 is 0 Å². The first-order valence-corrected chi connectivity index (χ1v) is 7.16. The van der Waals surface area contributed by atoms with E-state index in [-0.39, 0.29) is 10.8 Å². The Morgan fingerprint density at radius 2 is 1.65 bits per heavy atom. The Morgan fingerprint density at radius 3 is 2.15 bits per heavy atom. The molecule has 0 N–H and O–H groups in total. The Hall–Kier alpha value is -1.44. The van der Waals surface area contributed by atoms with Crippen LogP contribution in [0.15, 0.2) is 31.0 Å². The number of rotatable bonds is 5. The quantitative estimate of drug-likeness (QED) is 0.567. The van der Waals surface area contributed by atoms with Crippen LogP contribution in [0.3, 0.4) is 0 Å². The number of hydrogen-bond acceptors (Lipinski definition) is 2. The van der Waals surface area contributed by atoms with Crippen molar-refractivity contribution >= 4 is 0 Å². The third kappa shape index (κ3) is 4.59. The maximum atomic E-state index is 5.86. The second-order valence-corrected chi connectivity index (χ2v) is 7.10. The van der Waals surface area contributed by atoms with Crippen LogP contribution in [0.2, 0.25) is 0 Å². The van der Waals surface area contributed by atoms with Crippen molar-refractivity contribution in [1.82, 2.24) is 0 Å². The van der Waals surface area contributed by atoms with Gasteiger partial charge in [-0.15, -0.1) is 0 Å².